The Balaban J connectivity index is 1.73. The van der Waals surface area contributed by atoms with Crippen LogP contribution in [0.2, 0.25) is 5.15 Å². The highest BCUT2D eigenvalue weighted by Crippen LogP contribution is 2.44. The van der Waals surface area contributed by atoms with Crippen molar-refractivity contribution in [3.05, 3.63) is 5.15 Å². The van der Waals surface area contributed by atoms with E-state index in [0.29, 0.717) is 22.7 Å². The molecule has 136 valence electrons. The van der Waals surface area contributed by atoms with Crippen LogP contribution in [0, 0.1) is 0 Å². The van der Waals surface area contributed by atoms with E-state index in [1.807, 2.05) is 13.8 Å². The molecule has 0 amide bonds. The molecule has 1 N–H and O–H groups in total. The second-order valence-corrected chi connectivity index (χ2v) is 8.21. The maximum Gasteiger partial charge on any atom is 0.191 e. The van der Waals surface area contributed by atoms with Gasteiger partial charge in [0.05, 0.1) is 12.1 Å². The van der Waals surface area contributed by atoms with Crippen LogP contribution in [0.15, 0.2) is 5.16 Å². The van der Waals surface area contributed by atoms with Gasteiger partial charge in [0.15, 0.2) is 27.3 Å². The first-order valence-corrected chi connectivity index (χ1v) is 9.71. The Labute approximate surface area is 154 Å². The third-order valence-corrected chi connectivity index (χ3v) is 5.73. The zero-order chi connectivity index (χ0) is 17.8. The van der Waals surface area contributed by atoms with Crippen molar-refractivity contribution in [3.8, 4) is 0 Å². The van der Waals surface area contributed by atoms with Crippen LogP contribution in [0.5, 0.6) is 0 Å². The minimum Gasteiger partial charge on any atom is -0.390 e. The van der Waals surface area contributed by atoms with Crippen LogP contribution in [-0.2, 0) is 9.47 Å². The van der Waals surface area contributed by atoms with Crippen LogP contribution in [0.25, 0.3) is 11.2 Å². The highest BCUT2D eigenvalue weighted by Gasteiger charge is 2.55. The number of hydrogen-bond acceptors (Lipinski definition) is 8. The SMILES string of the molecule is CCCSc1nc(Cl)c2nnn([C@@H]3C[C@H](O)[C@H]4OC(C)(C)O[C@H]43)c2n1. The van der Waals surface area contributed by atoms with Gasteiger partial charge in [-0.05, 0) is 20.3 Å². The predicted octanol–water partition coefficient (Wildman–Crippen LogP) is 2.20. The first kappa shape index (κ1) is 17.4. The largest absolute Gasteiger partial charge is 0.390 e. The van der Waals surface area contributed by atoms with Crippen LogP contribution in [0.3, 0.4) is 0 Å². The fourth-order valence-corrected chi connectivity index (χ4v) is 4.37. The number of nitrogens with zero attached hydrogens (tertiary/aromatic N) is 5. The topological polar surface area (TPSA) is 95.2 Å². The van der Waals surface area contributed by atoms with Crippen molar-refractivity contribution in [1.29, 1.82) is 0 Å². The maximum absolute atomic E-state index is 10.4. The normalized spacial score (nSPS) is 30.9. The van der Waals surface area contributed by atoms with Gasteiger partial charge in [-0.25, -0.2) is 14.6 Å². The lowest BCUT2D eigenvalue weighted by atomic mass is 10.2. The van der Waals surface area contributed by atoms with Crippen molar-refractivity contribution in [2.45, 2.75) is 68.9 Å². The van der Waals surface area contributed by atoms with Crippen LogP contribution < -0.4 is 0 Å². The van der Waals surface area contributed by atoms with Gasteiger partial charge in [0, 0.05) is 12.2 Å². The summed E-state index contributed by atoms with van der Waals surface area (Å²) in [5.74, 6) is 0.168. The van der Waals surface area contributed by atoms with E-state index >= 15 is 0 Å². The van der Waals surface area contributed by atoms with Gasteiger partial charge in [0.25, 0.3) is 0 Å². The lowest BCUT2D eigenvalue weighted by Gasteiger charge is -2.22. The van der Waals surface area contributed by atoms with Gasteiger partial charge >= 0.3 is 0 Å². The van der Waals surface area contributed by atoms with E-state index in [0.717, 1.165) is 12.2 Å². The summed E-state index contributed by atoms with van der Waals surface area (Å²) in [4.78, 5) is 8.86. The molecule has 10 heteroatoms. The number of aliphatic hydroxyl groups is 1. The second-order valence-electron chi connectivity index (χ2n) is 6.79. The number of thioether (sulfide) groups is 1. The fraction of sp³-hybridized carbons (Fsp3) is 0.733. The molecular weight excluding hydrogens is 366 g/mol. The Kier molecular flexibility index (Phi) is 4.40. The Morgan fingerprint density at radius 3 is 2.84 bits per heavy atom. The third-order valence-electron chi connectivity index (χ3n) is 4.42. The summed E-state index contributed by atoms with van der Waals surface area (Å²) in [5, 5.41) is 19.6. The number of ether oxygens (including phenoxy) is 2. The summed E-state index contributed by atoms with van der Waals surface area (Å²) in [5.41, 5.74) is 1.02. The Bertz CT molecular complexity index is 801. The van der Waals surface area contributed by atoms with E-state index in [9.17, 15) is 5.11 Å². The van der Waals surface area contributed by atoms with Gasteiger partial charge in [0.2, 0.25) is 0 Å². The molecular formula is C15H20ClN5O3S. The Morgan fingerprint density at radius 1 is 1.32 bits per heavy atom. The molecule has 1 saturated heterocycles. The summed E-state index contributed by atoms with van der Waals surface area (Å²) in [6, 6.07) is -0.221. The number of aromatic nitrogens is 5. The zero-order valence-corrected chi connectivity index (χ0v) is 15.8. The molecule has 3 heterocycles. The van der Waals surface area contributed by atoms with Gasteiger partial charge in [-0.15, -0.1) is 5.10 Å². The monoisotopic (exact) mass is 385 g/mol. The van der Waals surface area contributed by atoms with Crippen LogP contribution in [0.4, 0.5) is 0 Å². The predicted molar refractivity (Wildman–Crippen MR) is 92.6 cm³/mol. The zero-order valence-electron chi connectivity index (χ0n) is 14.2. The fourth-order valence-electron chi connectivity index (χ4n) is 3.43. The second kappa shape index (κ2) is 6.31. The Hall–Kier alpha value is -1.00. The van der Waals surface area contributed by atoms with Gasteiger partial charge in [-0.3, -0.25) is 0 Å². The average molecular weight is 386 g/mol. The highest BCUT2D eigenvalue weighted by atomic mass is 35.5. The summed E-state index contributed by atoms with van der Waals surface area (Å²) < 4.78 is 13.5. The molecule has 1 aliphatic carbocycles. The van der Waals surface area contributed by atoms with Crippen molar-refractivity contribution in [1.82, 2.24) is 25.0 Å². The molecule has 0 unspecified atom stereocenters. The first-order valence-electron chi connectivity index (χ1n) is 8.34. The molecule has 4 atom stereocenters. The van der Waals surface area contributed by atoms with Crippen LogP contribution in [0.1, 0.15) is 39.7 Å². The lowest BCUT2D eigenvalue weighted by molar-refractivity contribution is -0.165. The smallest absolute Gasteiger partial charge is 0.191 e. The Morgan fingerprint density at radius 2 is 2.08 bits per heavy atom. The summed E-state index contributed by atoms with van der Waals surface area (Å²) >= 11 is 7.80. The van der Waals surface area contributed by atoms with Crippen LogP contribution in [-0.4, -0.2) is 59.9 Å². The summed E-state index contributed by atoms with van der Waals surface area (Å²) in [6.07, 6.45) is 0.159. The first-order chi connectivity index (χ1) is 11.9. The molecule has 2 fully saturated rings. The van der Waals surface area contributed by atoms with E-state index in [2.05, 4.69) is 27.2 Å². The van der Waals surface area contributed by atoms with Gasteiger partial charge < -0.3 is 14.6 Å². The van der Waals surface area contributed by atoms with Crippen molar-refractivity contribution in [3.63, 3.8) is 0 Å². The van der Waals surface area contributed by atoms with Crippen molar-refractivity contribution >= 4 is 34.5 Å². The molecule has 2 aromatic rings. The summed E-state index contributed by atoms with van der Waals surface area (Å²) in [7, 11) is 0. The average Bonchev–Trinajstić information content (AvgIpc) is 3.18. The highest BCUT2D eigenvalue weighted by molar-refractivity contribution is 7.99. The number of rotatable bonds is 4. The van der Waals surface area contributed by atoms with E-state index in [-0.39, 0.29) is 23.4 Å². The minimum absolute atomic E-state index is 0.221. The molecule has 8 nitrogen and oxygen atoms in total. The molecule has 2 aliphatic rings. The number of halogens is 1. The molecule has 25 heavy (non-hydrogen) atoms. The van der Waals surface area contributed by atoms with E-state index in [1.54, 1.807) is 16.4 Å². The molecule has 0 radical (unpaired) electrons. The van der Waals surface area contributed by atoms with Gasteiger partial charge in [0.1, 0.15) is 12.2 Å². The molecule has 0 aromatic carbocycles. The van der Waals surface area contributed by atoms with Gasteiger partial charge in [-0.1, -0.05) is 35.5 Å². The lowest BCUT2D eigenvalue weighted by Crippen LogP contribution is -2.29. The van der Waals surface area contributed by atoms with Crippen molar-refractivity contribution in [2.24, 2.45) is 0 Å². The van der Waals surface area contributed by atoms with E-state index in [1.165, 1.54) is 0 Å². The molecule has 4 rings (SSSR count). The minimum atomic E-state index is -0.736. The molecule has 1 saturated carbocycles. The number of fused-ring (bicyclic) bond motifs is 2. The van der Waals surface area contributed by atoms with Gasteiger partial charge in [-0.2, -0.15) is 0 Å². The molecule has 1 aliphatic heterocycles. The molecule has 0 spiro atoms. The molecule has 2 aromatic heterocycles. The van der Waals surface area contributed by atoms with E-state index in [4.69, 9.17) is 21.1 Å². The van der Waals surface area contributed by atoms with Crippen molar-refractivity contribution in [2.75, 3.05) is 5.75 Å². The summed E-state index contributed by atoms with van der Waals surface area (Å²) in [6.45, 7) is 5.78. The molecule has 0 bridgehead atoms. The third kappa shape index (κ3) is 3.02. The standard InChI is InChI=1S/C15H20ClN5O3S/c1-4-5-25-14-17-12(16)9-13(18-14)21(20-19-9)7-6-8(22)11-10(7)23-15(2,3)24-11/h7-8,10-11,22H,4-6H2,1-3H3/t7-,8+,10+,11-/m1/s1. The van der Waals surface area contributed by atoms with E-state index < -0.39 is 11.9 Å². The number of aliphatic hydroxyl groups excluding tert-OH is 1. The van der Waals surface area contributed by atoms with Crippen molar-refractivity contribution < 1.29 is 14.6 Å². The quantitative estimate of drug-likeness (QED) is 0.486. The number of hydrogen-bond donors (Lipinski definition) is 1. The van der Waals surface area contributed by atoms with Crippen LogP contribution >= 0.6 is 23.4 Å². The maximum atomic E-state index is 10.4.